The highest BCUT2D eigenvalue weighted by Crippen LogP contribution is 2.32. The summed E-state index contributed by atoms with van der Waals surface area (Å²) in [6.07, 6.45) is 3.73. The molecule has 0 spiro atoms. The van der Waals surface area contributed by atoms with Gasteiger partial charge in [0.1, 0.15) is 25.0 Å². The second kappa shape index (κ2) is 5.51. The van der Waals surface area contributed by atoms with Crippen molar-refractivity contribution in [2.75, 3.05) is 29.9 Å². The first-order valence-corrected chi connectivity index (χ1v) is 6.78. The first-order valence-electron chi connectivity index (χ1n) is 6.78. The van der Waals surface area contributed by atoms with Crippen LogP contribution in [-0.4, -0.2) is 40.8 Å². The number of rotatable bonds is 2. The zero-order valence-corrected chi connectivity index (χ0v) is 11.7. The normalized spacial score (nSPS) is 14.8. The number of anilines is 2. The van der Waals surface area contributed by atoms with Crippen molar-refractivity contribution in [3.8, 4) is 0 Å². The molecule has 2 aromatic rings. The molecular formula is C14H16FN5O. The summed E-state index contributed by atoms with van der Waals surface area (Å²) < 4.78 is 15.0. The molecule has 0 atom stereocenters. The lowest BCUT2D eigenvalue weighted by Crippen LogP contribution is -2.34. The zero-order chi connectivity index (χ0) is 14.8. The Morgan fingerprint density at radius 3 is 2.95 bits per heavy atom. The monoisotopic (exact) mass is 289 g/mol. The standard InChI is InChI=1S/C14H16FN5O/c1-18-5-2-6-20(12-4-3-11(15)7-13(12)18)14(21)8-19-10-16-9-17-19/h3-4,7,9-10H,2,5-6,8H2,1H3. The third-order valence-electron chi connectivity index (χ3n) is 3.58. The van der Waals surface area contributed by atoms with Crippen LogP contribution >= 0.6 is 0 Å². The molecule has 0 fully saturated rings. The summed E-state index contributed by atoms with van der Waals surface area (Å²) in [4.78, 5) is 20.0. The summed E-state index contributed by atoms with van der Waals surface area (Å²) >= 11 is 0. The molecule has 1 amide bonds. The van der Waals surface area contributed by atoms with E-state index in [9.17, 15) is 9.18 Å². The highest BCUT2D eigenvalue weighted by atomic mass is 19.1. The van der Waals surface area contributed by atoms with E-state index in [0.717, 1.165) is 24.3 Å². The minimum atomic E-state index is -0.300. The van der Waals surface area contributed by atoms with E-state index in [-0.39, 0.29) is 18.3 Å². The van der Waals surface area contributed by atoms with Crippen molar-refractivity contribution in [2.24, 2.45) is 0 Å². The van der Waals surface area contributed by atoms with E-state index in [0.29, 0.717) is 6.54 Å². The lowest BCUT2D eigenvalue weighted by Gasteiger charge is -2.24. The van der Waals surface area contributed by atoms with Crippen LogP contribution in [0.25, 0.3) is 0 Å². The van der Waals surface area contributed by atoms with Gasteiger partial charge in [-0.2, -0.15) is 5.10 Å². The summed E-state index contributed by atoms with van der Waals surface area (Å²) in [5.74, 6) is -0.380. The maximum atomic E-state index is 13.5. The van der Waals surface area contributed by atoms with Crippen LogP contribution in [0.15, 0.2) is 30.9 Å². The first-order chi connectivity index (χ1) is 10.1. The molecule has 6 nitrogen and oxygen atoms in total. The van der Waals surface area contributed by atoms with E-state index in [1.165, 1.54) is 29.5 Å². The van der Waals surface area contributed by atoms with E-state index in [4.69, 9.17) is 0 Å². The number of fused-ring (bicyclic) bond motifs is 1. The number of halogens is 1. The maximum absolute atomic E-state index is 13.5. The molecule has 0 saturated heterocycles. The van der Waals surface area contributed by atoms with E-state index in [1.807, 2.05) is 11.9 Å². The Kier molecular flexibility index (Phi) is 3.55. The van der Waals surface area contributed by atoms with Crippen molar-refractivity contribution in [3.05, 3.63) is 36.7 Å². The lowest BCUT2D eigenvalue weighted by molar-refractivity contribution is -0.119. The van der Waals surface area contributed by atoms with Gasteiger partial charge in [0, 0.05) is 20.1 Å². The predicted molar refractivity (Wildman–Crippen MR) is 76.7 cm³/mol. The molecule has 1 aromatic heterocycles. The molecule has 3 rings (SSSR count). The van der Waals surface area contributed by atoms with Crippen LogP contribution in [0.1, 0.15) is 6.42 Å². The van der Waals surface area contributed by atoms with Crippen LogP contribution in [0.2, 0.25) is 0 Å². The third-order valence-corrected chi connectivity index (χ3v) is 3.58. The largest absolute Gasteiger partial charge is 0.373 e. The smallest absolute Gasteiger partial charge is 0.248 e. The molecule has 0 N–H and O–H groups in total. The number of carbonyl (C=O) groups is 1. The first kappa shape index (κ1) is 13.5. The number of nitrogens with zero attached hydrogens (tertiary/aromatic N) is 5. The second-order valence-corrected chi connectivity index (χ2v) is 5.05. The van der Waals surface area contributed by atoms with Crippen molar-refractivity contribution in [3.63, 3.8) is 0 Å². The molecule has 0 aliphatic carbocycles. The SMILES string of the molecule is CN1CCCN(C(=O)Cn2cncn2)c2ccc(F)cc21. The molecule has 7 heteroatoms. The Hall–Kier alpha value is -2.44. The fourth-order valence-electron chi connectivity index (χ4n) is 2.53. The van der Waals surface area contributed by atoms with Gasteiger partial charge in [-0.25, -0.2) is 14.1 Å². The molecule has 21 heavy (non-hydrogen) atoms. The minimum absolute atomic E-state index is 0.0799. The number of aromatic nitrogens is 3. The Bertz CT molecular complexity index is 643. The Morgan fingerprint density at radius 1 is 1.33 bits per heavy atom. The summed E-state index contributed by atoms with van der Waals surface area (Å²) in [6.45, 7) is 1.51. The number of hydrogen-bond acceptors (Lipinski definition) is 4. The van der Waals surface area contributed by atoms with Crippen molar-refractivity contribution in [1.82, 2.24) is 14.8 Å². The molecule has 2 heterocycles. The quantitative estimate of drug-likeness (QED) is 0.836. The van der Waals surface area contributed by atoms with Crippen molar-refractivity contribution < 1.29 is 9.18 Å². The molecule has 0 unspecified atom stereocenters. The third kappa shape index (κ3) is 2.72. The van der Waals surface area contributed by atoms with Gasteiger partial charge < -0.3 is 9.80 Å². The molecule has 0 saturated carbocycles. The van der Waals surface area contributed by atoms with Gasteiger partial charge in [-0.15, -0.1) is 0 Å². The van der Waals surface area contributed by atoms with Gasteiger partial charge in [-0.3, -0.25) is 4.79 Å². The van der Waals surface area contributed by atoms with Gasteiger partial charge in [0.15, 0.2) is 0 Å². The number of amides is 1. The maximum Gasteiger partial charge on any atom is 0.248 e. The predicted octanol–water partition coefficient (Wildman–Crippen LogP) is 1.29. The molecule has 0 bridgehead atoms. The molecule has 110 valence electrons. The van der Waals surface area contributed by atoms with Gasteiger partial charge in [-0.1, -0.05) is 0 Å². The van der Waals surface area contributed by atoms with Gasteiger partial charge in [-0.05, 0) is 24.6 Å². The number of benzene rings is 1. The van der Waals surface area contributed by atoms with E-state index < -0.39 is 0 Å². The van der Waals surface area contributed by atoms with Crippen LogP contribution < -0.4 is 9.80 Å². The molecule has 1 aromatic carbocycles. The van der Waals surface area contributed by atoms with Crippen molar-refractivity contribution in [1.29, 1.82) is 0 Å². The number of hydrogen-bond donors (Lipinski definition) is 0. The summed E-state index contributed by atoms with van der Waals surface area (Å²) in [6, 6.07) is 4.51. The Labute approximate surface area is 121 Å². The van der Waals surface area contributed by atoms with E-state index >= 15 is 0 Å². The summed E-state index contributed by atoms with van der Waals surface area (Å²) in [7, 11) is 1.91. The highest BCUT2D eigenvalue weighted by molar-refractivity contribution is 5.97. The Morgan fingerprint density at radius 2 is 2.19 bits per heavy atom. The average Bonchev–Trinajstić information content (AvgIpc) is 2.90. The van der Waals surface area contributed by atoms with Gasteiger partial charge in [0.05, 0.1) is 11.4 Å². The highest BCUT2D eigenvalue weighted by Gasteiger charge is 2.24. The van der Waals surface area contributed by atoms with E-state index in [2.05, 4.69) is 10.1 Å². The summed E-state index contributed by atoms with van der Waals surface area (Å²) in [5.41, 5.74) is 1.47. The van der Waals surface area contributed by atoms with E-state index in [1.54, 1.807) is 11.0 Å². The Balaban J connectivity index is 1.91. The zero-order valence-electron chi connectivity index (χ0n) is 11.7. The minimum Gasteiger partial charge on any atom is -0.373 e. The van der Waals surface area contributed by atoms with Gasteiger partial charge >= 0.3 is 0 Å². The van der Waals surface area contributed by atoms with Crippen LogP contribution in [0.5, 0.6) is 0 Å². The van der Waals surface area contributed by atoms with Crippen LogP contribution in [0, 0.1) is 5.82 Å². The fourth-order valence-corrected chi connectivity index (χ4v) is 2.53. The number of carbonyl (C=O) groups excluding carboxylic acids is 1. The topological polar surface area (TPSA) is 54.3 Å². The second-order valence-electron chi connectivity index (χ2n) is 5.05. The van der Waals surface area contributed by atoms with Gasteiger partial charge in [0.25, 0.3) is 0 Å². The van der Waals surface area contributed by atoms with Crippen molar-refractivity contribution in [2.45, 2.75) is 13.0 Å². The molecular weight excluding hydrogens is 273 g/mol. The van der Waals surface area contributed by atoms with Gasteiger partial charge in [0.2, 0.25) is 5.91 Å². The lowest BCUT2D eigenvalue weighted by atomic mass is 10.2. The fraction of sp³-hybridized carbons (Fsp3) is 0.357. The molecule has 1 aliphatic heterocycles. The van der Waals surface area contributed by atoms with Crippen LogP contribution in [0.3, 0.4) is 0 Å². The summed E-state index contributed by atoms with van der Waals surface area (Å²) in [5, 5.41) is 3.95. The van der Waals surface area contributed by atoms with Crippen molar-refractivity contribution >= 4 is 17.3 Å². The molecule has 0 radical (unpaired) electrons. The van der Waals surface area contributed by atoms with Crippen LogP contribution in [0.4, 0.5) is 15.8 Å². The van der Waals surface area contributed by atoms with Crippen LogP contribution in [-0.2, 0) is 11.3 Å². The molecule has 1 aliphatic rings. The average molecular weight is 289 g/mol.